The second-order valence-corrected chi connectivity index (χ2v) is 3.67. The molecule has 1 fully saturated rings. The summed E-state index contributed by atoms with van der Waals surface area (Å²) in [6, 6.07) is 0. The van der Waals surface area contributed by atoms with Crippen LogP contribution in [0.15, 0.2) is 0 Å². The van der Waals surface area contributed by atoms with Gasteiger partial charge in [0.15, 0.2) is 0 Å². The molecule has 10 heavy (non-hydrogen) atoms. The van der Waals surface area contributed by atoms with E-state index in [0.717, 1.165) is 13.1 Å². The van der Waals surface area contributed by atoms with Gasteiger partial charge in [0.1, 0.15) is 0 Å². The van der Waals surface area contributed by atoms with Crippen molar-refractivity contribution >= 4 is 0 Å². The molecule has 0 bridgehead atoms. The standard InChI is InChI=1S/C8H17NO/c1-6-4-9(3)5-7(2)8(6)10/h6-8,10H,4-5H2,1-3H3. The second kappa shape index (κ2) is 2.89. The van der Waals surface area contributed by atoms with E-state index in [0.29, 0.717) is 11.8 Å². The van der Waals surface area contributed by atoms with E-state index >= 15 is 0 Å². The smallest absolute Gasteiger partial charge is 0.0615 e. The maximum Gasteiger partial charge on any atom is 0.0615 e. The molecule has 60 valence electrons. The minimum absolute atomic E-state index is 0.0869. The summed E-state index contributed by atoms with van der Waals surface area (Å²) < 4.78 is 0. The highest BCUT2D eigenvalue weighted by Gasteiger charge is 2.27. The maximum absolute atomic E-state index is 9.54. The zero-order chi connectivity index (χ0) is 7.72. The summed E-state index contributed by atoms with van der Waals surface area (Å²) in [5.74, 6) is 0.877. The van der Waals surface area contributed by atoms with E-state index in [1.807, 2.05) is 0 Å². The van der Waals surface area contributed by atoms with Crippen LogP contribution >= 0.6 is 0 Å². The van der Waals surface area contributed by atoms with Crippen LogP contribution in [0.3, 0.4) is 0 Å². The zero-order valence-electron chi connectivity index (χ0n) is 7.04. The van der Waals surface area contributed by atoms with Crippen LogP contribution in [0.2, 0.25) is 0 Å². The van der Waals surface area contributed by atoms with Crippen molar-refractivity contribution in [1.29, 1.82) is 0 Å². The van der Waals surface area contributed by atoms with Gasteiger partial charge in [0.2, 0.25) is 0 Å². The SMILES string of the molecule is CC1CN(C)CC(C)C1O. The van der Waals surface area contributed by atoms with Gasteiger partial charge in [-0.05, 0) is 18.9 Å². The van der Waals surface area contributed by atoms with E-state index in [9.17, 15) is 5.11 Å². The number of likely N-dealkylation sites (tertiary alicyclic amines) is 1. The minimum atomic E-state index is -0.0869. The Morgan fingerprint density at radius 2 is 1.60 bits per heavy atom. The van der Waals surface area contributed by atoms with Crippen LogP contribution in [-0.4, -0.2) is 36.2 Å². The average molecular weight is 143 g/mol. The molecule has 1 aliphatic rings. The number of hydrogen-bond donors (Lipinski definition) is 1. The van der Waals surface area contributed by atoms with E-state index in [1.165, 1.54) is 0 Å². The number of aliphatic hydroxyl groups is 1. The zero-order valence-corrected chi connectivity index (χ0v) is 7.04. The highest BCUT2D eigenvalue weighted by atomic mass is 16.3. The van der Waals surface area contributed by atoms with Gasteiger partial charge in [-0.15, -0.1) is 0 Å². The van der Waals surface area contributed by atoms with Crippen molar-refractivity contribution in [2.75, 3.05) is 20.1 Å². The van der Waals surface area contributed by atoms with Crippen LogP contribution in [0.5, 0.6) is 0 Å². The molecule has 0 amide bonds. The van der Waals surface area contributed by atoms with Crippen molar-refractivity contribution in [2.45, 2.75) is 20.0 Å². The van der Waals surface area contributed by atoms with Gasteiger partial charge in [-0.3, -0.25) is 0 Å². The molecule has 2 atom stereocenters. The largest absolute Gasteiger partial charge is 0.392 e. The van der Waals surface area contributed by atoms with Crippen molar-refractivity contribution < 1.29 is 5.11 Å². The number of hydrogen-bond acceptors (Lipinski definition) is 2. The Hall–Kier alpha value is -0.0800. The Morgan fingerprint density at radius 1 is 1.20 bits per heavy atom. The second-order valence-electron chi connectivity index (χ2n) is 3.67. The average Bonchev–Trinajstić information content (AvgIpc) is 1.82. The molecule has 1 aliphatic heterocycles. The van der Waals surface area contributed by atoms with Crippen molar-refractivity contribution in [3.63, 3.8) is 0 Å². The number of nitrogens with zero attached hydrogens (tertiary/aromatic N) is 1. The quantitative estimate of drug-likeness (QED) is 0.536. The monoisotopic (exact) mass is 143 g/mol. The molecule has 0 spiro atoms. The summed E-state index contributed by atoms with van der Waals surface area (Å²) in [6.07, 6.45) is -0.0869. The van der Waals surface area contributed by atoms with E-state index in [2.05, 4.69) is 25.8 Å². The van der Waals surface area contributed by atoms with E-state index in [-0.39, 0.29) is 6.10 Å². The Kier molecular flexibility index (Phi) is 2.32. The molecule has 0 aromatic heterocycles. The molecular formula is C8H17NO. The first-order valence-corrected chi connectivity index (χ1v) is 3.98. The van der Waals surface area contributed by atoms with Crippen molar-refractivity contribution in [1.82, 2.24) is 4.90 Å². The maximum atomic E-state index is 9.54. The topological polar surface area (TPSA) is 23.5 Å². The molecule has 0 aromatic rings. The van der Waals surface area contributed by atoms with Crippen LogP contribution < -0.4 is 0 Å². The lowest BCUT2D eigenvalue weighted by Crippen LogP contribution is -2.45. The molecule has 0 saturated carbocycles. The van der Waals surface area contributed by atoms with Crippen molar-refractivity contribution in [3.8, 4) is 0 Å². The lowest BCUT2D eigenvalue weighted by Gasteiger charge is -2.36. The Bertz CT molecular complexity index is 104. The van der Waals surface area contributed by atoms with E-state index < -0.39 is 0 Å². The molecule has 1 rings (SSSR count). The minimum Gasteiger partial charge on any atom is -0.392 e. The van der Waals surface area contributed by atoms with Crippen molar-refractivity contribution in [3.05, 3.63) is 0 Å². The third-order valence-electron chi connectivity index (χ3n) is 2.37. The summed E-state index contributed by atoms with van der Waals surface area (Å²) in [5.41, 5.74) is 0. The molecule has 2 unspecified atom stereocenters. The molecule has 1 saturated heterocycles. The highest BCUT2D eigenvalue weighted by molar-refractivity contribution is 4.80. The highest BCUT2D eigenvalue weighted by Crippen LogP contribution is 2.20. The summed E-state index contributed by atoms with van der Waals surface area (Å²) in [5, 5.41) is 9.54. The number of piperidine rings is 1. The summed E-state index contributed by atoms with van der Waals surface area (Å²) in [6.45, 7) is 6.28. The normalized spacial score (nSPS) is 43.8. The lowest BCUT2D eigenvalue weighted by atomic mass is 9.89. The van der Waals surface area contributed by atoms with Gasteiger partial charge in [0.25, 0.3) is 0 Å². The lowest BCUT2D eigenvalue weighted by molar-refractivity contribution is 0.000996. The van der Waals surface area contributed by atoms with Crippen LogP contribution in [-0.2, 0) is 0 Å². The van der Waals surface area contributed by atoms with Crippen LogP contribution in [0.4, 0.5) is 0 Å². The fraction of sp³-hybridized carbons (Fsp3) is 1.00. The fourth-order valence-corrected chi connectivity index (χ4v) is 1.83. The van der Waals surface area contributed by atoms with E-state index in [1.54, 1.807) is 0 Å². The van der Waals surface area contributed by atoms with Gasteiger partial charge in [-0.1, -0.05) is 13.8 Å². The Morgan fingerprint density at radius 3 is 2.00 bits per heavy atom. The van der Waals surface area contributed by atoms with Gasteiger partial charge >= 0.3 is 0 Å². The first kappa shape index (κ1) is 8.02. The van der Waals surface area contributed by atoms with Crippen LogP contribution in [0.1, 0.15) is 13.8 Å². The predicted molar refractivity (Wildman–Crippen MR) is 41.8 cm³/mol. The number of aliphatic hydroxyl groups excluding tert-OH is 1. The van der Waals surface area contributed by atoms with Gasteiger partial charge in [-0.25, -0.2) is 0 Å². The molecule has 2 heteroatoms. The third kappa shape index (κ3) is 1.50. The Balaban J connectivity index is 2.49. The summed E-state index contributed by atoms with van der Waals surface area (Å²) in [4.78, 5) is 2.28. The van der Waals surface area contributed by atoms with Gasteiger partial charge in [0, 0.05) is 13.1 Å². The van der Waals surface area contributed by atoms with Gasteiger partial charge < -0.3 is 10.0 Å². The molecular weight excluding hydrogens is 126 g/mol. The van der Waals surface area contributed by atoms with Crippen LogP contribution in [0.25, 0.3) is 0 Å². The molecule has 2 nitrogen and oxygen atoms in total. The van der Waals surface area contributed by atoms with Gasteiger partial charge in [-0.2, -0.15) is 0 Å². The third-order valence-corrected chi connectivity index (χ3v) is 2.37. The van der Waals surface area contributed by atoms with E-state index in [4.69, 9.17) is 0 Å². The summed E-state index contributed by atoms with van der Waals surface area (Å²) >= 11 is 0. The van der Waals surface area contributed by atoms with Gasteiger partial charge in [0.05, 0.1) is 6.10 Å². The molecule has 0 radical (unpaired) electrons. The fourth-order valence-electron chi connectivity index (χ4n) is 1.83. The van der Waals surface area contributed by atoms with Crippen LogP contribution in [0, 0.1) is 11.8 Å². The first-order valence-electron chi connectivity index (χ1n) is 3.98. The predicted octanol–water partition coefficient (Wildman–Crippen LogP) is 0.565. The van der Waals surface area contributed by atoms with Crippen molar-refractivity contribution in [2.24, 2.45) is 11.8 Å². The molecule has 1 heterocycles. The molecule has 0 aromatic carbocycles. The molecule has 1 N–H and O–H groups in total. The molecule has 0 aliphatic carbocycles. The first-order chi connectivity index (χ1) is 4.61. The summed E-state index contributed by atoms with van der Waals surface area (Å²) in [7, 11) is 2.11. The number of rotatable bonds is 0. The Labute approximate surface area is 62.8 Å².